The van der Waals surface area contributed by atoms with Crippen LogP contribution in [-0.2, 0) is 16.6 Å². The molecule has 2 N–H and O–H groups in total. The maximum absolute atomic E-state index is 13.3. The van der Waals surface area contributed by atoms with E-state index in [1.807, 2.05) is 32.0 Å². The van der Waals surface area contributed by atoms with Gasteiger partial charge in [0.15, 0.2) is 5.78 Å². The van der Waals surface area contributed by atoms with Crippen molar-refractivity contribution in [2.24, 2.45) is 5.73 Å². The molecule has 1 aromatic heterocycles. The Kier molecular flexibility index (Phi) is 5.71. The molecular formula is C20H23ClN2O3. The van der Waals surface area contributed by atoms with Crippen LogP contribution in [-0.4, -0.2) is 22.5 Å². The molecule has 0 radical (unpaired) electrons. The number of nitrogens with zero attached hydrogens (tertiary/aromatic N) is 1. The molecule has 26 heavy (non-hydrogen) atoms. The van der Waals surface area contributed by atoms with E-state index in [-0.39, 0.29) is 5.78 Å². The molecule has 6 heteroatoms. The van der Waals surface area contributed by atoms with Crippen LogP contribution in [0.15, 0.2) is 42.6 Å². The number of nitrogens with two attached hydrogens (primary N) is 1. The third-order valence-corrected chi connectivity index (χ3v) is 4.48. The number of Topliss-reactive ketones (excluding diaryl/α,β-unsaturated/α-hetero) is 1. The summed E-state index contributed by atoms with van der Waals surface area (Å²) in [6.07, 6.45) is 1.05. The quantitative estimate of drug-likeness (QED) is 0.763. The number of carbonyl (C=O) groups excluding carboxylic acids is 2. The summed E-state index contributed by atoms with van der Waals surface area (Å²) in [4.78, 5) is 28.7. The van der Waals surface area contributed by atoms with Crippen LogP contribution in [0.1, 0.15) is 49.3 Å². The maximum atomic E-state index is 13.3. The number of rotatable bonds is 6. The summed E-state index contributed by atoms with van der Waals surface area (Å²) in [5, 5.41) is 0.612. The number of amides is 1. The van der Waals surface area contributed by atoms with Gasteiger partial charge in [0.2, 0.25) is 0 Å². The molecule has 1 aromatic carbocycles. The van der Waals surface area contributed by atoms with Crippen molar-refractivity contribution in [3.63, 3.8) is 0 Å². The van der Waals surface area contributed by atoms with Crippen LogP contribution in [0.25, 0.3) is 0 Å². The fourth-order valence-corrected chi connectivity index (χ4v) is 2.97. The van der Waals surface area contributed by atoms with Gasteiger partial charge in [-0.2, -0.15) is 0 Å². The van der Waals surface area contributed by atoms with Crippen molar-refractivity contribution in [1.29, 1.82) is 0 Å². The average Bonchev–Trinajstić information content (AvgIpc) is 2.53. The zero-order valence-corrected chi connectivity index (χ0v) is 16.1. The molecule has 0 unspecified atom stereocenters. The van der Waals surface area contributed by atoms with Crippen LogP contribution in [0.2, 0.25) is 5.02 Å². The van der Waals surface area contributed by atoms with Gasteiger partial charge in [0.05, 0.1) is 5.41 Å². The van der Waals surface area contributed by atoms with E-state index in [0.717, 1.165) is 5.56 Å². The van der Waals surface area contributed by atoms with E-state index in [0.29, 0.717) is 22.7 Å². The van der Waals surface area contributed by atoms with E-state index in [4.69, 9.17) is 22.1 Å². The number of ketones is 1. The Morgan fingerprint density at radius 2 is 1.73 bits per heavy atom. The smallest absolute Gasteiger partial charge is 0.405 e. The second-order valence-electron chi connectivity index (χ2n) is 7.33. The van der Waals surface area contributed by atoms with Gasteiger partial charge in [-0.05, 0) is 57.0 Å². The first kappa shape index (κ1) is 19.9. The second kappa shape index (κ2) is 7.46. The number of aromatic nitrogens is 1. The summed E-state index contributed by atoms with van der Waals surface area (Å²) in [5.74, 6) is -0.120. The Labute approximate surface area is 158 Å². The Morgan fingerprint density at radius 3 is 2.31 bits per heavy atom. The lowest BCUT2D eigenvalue weighted by molar-refractivity contribution is 0.0458. The van der Waals surface area contributed by atoms with Crippen molar-refractivity contribution in [1.82, 2.24) is 4.98 Å². The molecule has 0 saturated carbocycles. The van der Waals surface area contributed by atoms with E-state index in [1.165, 1.54) is 0 Å². The highest BCUT2D eigenvalue weighted by molar-refractivity contribution is 6.30. The topological polar surface area (TPSA) is 82.3 Å². The standard InChI is InChI=1S/C20H23ClN2O3/c1-19(2,26-18(22)25)12-13-6-5-11-23-16(13)17(24)20(3,4)14-7-9-15(21)10-8-14/h5-11H,12H2,1-4H3,(H2,22,25). The summed E-state index contributed by atoms with van der Waals surface area (Å²) in [7, 11) is 0. The van der Waals surface area contributed by atoms with Gasteiger partial charge in [0.1, 0.15) is 11.3 Å². The fraction of sp³-hybridized carbons (Fsp3) is 0.350. The molecule has 0 bridgehead atoms. The first-order chi connectivity index (χ1) is 12.0. The largest absolute Gasteiger partial charge is 0.443 e. The molecule has 0 aliphatic carbocycles. The van der Waals surface area contributed by atoms with E-state index in [2.05, 4.69) is 4.98 Å². The van der Waals surface area contributed by atoms with Gasteiger partial charge in [0.25, 0.3) is 0 Å². The molecule has 138 valence electrons. The number of hydrogen-bond acceptors (Lipinski definition) is 4. The minimum absolute atomic E-state index is 0.120. The van der Waals surface area contributed by atoms with Gasteiger partial charge in [-0.15, -0.1) is 0 Å². The van der Waals surface area contributed by atoms with Crippen LogP contribution in [0.5, 0.6) is 0 Å². The van der Waals surface area contributed by atoms with Crippen LogP contribution in [0.4, 0.5) is 4.79 Å². The fourth-order valence-electron chi connectivity index (χ4n) is 2.85. The zero-order valence-electron chi connectivity index (χ0n) is 15.4. The van der Waals surface area contributed by atoms with Crippen molar-refractivity contribution in [3.8, 4) is 0 Å². The number of benzene rings is 1. The molecule has 1 heterocycles. The number of ether oxygens (including phenoxy) is 1. The van der Waals surface area contributed by atoms with Gasteiger partial charge < -0.3 is 10.5 Å². The van der Waals surface area contributed by atoms with Crippen molar-refractivity contribution < 1.29 is 14.3 Å². The summed E-state index contributed by atoms with van der Waals surface area (Å²) >= 11 is 5.95. The number of carbonyl (C=O) groups is 2. The number of halogens is 1. The van der Waals surface area contributed by atoms with Crippen LogP contribution in [0, 0.1) is 0 Å². The molecule has 2 rings (SSSR count). The van der Waals surface area contributed by atoms with Crippen LogP contribution in [0.3, 0.4) is 0 Å². The van der Waals surface area contributed by atoms with E-state index < -0.39 is 17.1 Å². The second-order valence-corrected chi connectivity index (χ2v) is 7.77. The van der Waals surface area contributed by atoms with Gasteiger partial charge >= 0.3 is 6.09 Å². The maximum Gasteiger partial charge on any atom is 0.405 e. The Bertz CT molecular complexity index is 814. The van der Waals surface area contributed by atoms with E-state index in [9.17, 15) is 9.59 Å². The Morgan fingerprint density at radius 1 is 1.12 bits per heavy atom. The number of primary amides is 1. The summed E-state index contributed by atoms with van der Waals surface area (Å²) in [5.41, 5.74) is 5.39. The number of hydrogen-bond donors (Lipinski definition) is 1. The molecule has 0 spiro atoms. The third kappa shape index (κ3) is 4.61. The lowest BCUT2D eigenvalue weighted by Gasteiger charge is -2.27. The van der Waals surface area contributed by atoms with Crippen LogP contribution >= 0.6 is 11.6 Å². The van der Waals surface area contributed by atoms with Gasteiger partial charge in [-0.25, -0.2) is 4.79 Å². The average molecular weight is 375 g/mol. The molecular weight excluding hydrogens is 352 g/mol. The minimum atomic E-state index is -0.853. The molecule has 0 aliphatic heterocycles. The highest BCUT2D eigenvalue weighted by atomic mass is 35.5. The first-order valence-electron chi connectivity index (χ1n) is 8.26. The summed E-state index contributed by atoms with van der Waals surface area (Å²) in [6.45, 7) is 7.18. The van der Waals surface area contributed by atoms with Crippen molar-refractivity contribution in [2.75, 3.05) is 0 Å². The van der Waals surface area contributed by atoms with Crippen molar-refractivity contribution >= 4 is 23.5 Å². The molecule has 0 aliphatic rings. The molecule has 2 aromatic rings. The predicted octanol–water partition coefficient (Wildman–Crippen LogP) is 4.31. The number of pyridine rings is 1. The minimum Gasteiger partial charge on any atom is -0.443 e. The SMILES string of the molecule is CC(C)(Cc1cccnc1C(=O)C(C)(C)c1ccc(Cl)cc1)OC(N)=O. The van der Waals surface area contributed by atoms with Gasteiger partial charge in [0, 0.05) is 17.6 Å². The van der Waals surface area contributed by atoms with E-state index >= 15 is 0 Å². The molecule has 1 amide bonds. The van der Waals surface area contributed by atoms with Crippen molar-refractivity contribution in [2.45, 2.75) is 45.1 Å². The van der Waals surface area contributed by atoms with E-state index in [1.54, 1.807) is 38.2 Å². The monoisotopic (exact) mass is 374 g/mol. The summed E-state index contributed by atoms with van der Waals surface area (Å²) < 4.78 is 5.14. The first-order valence-corrected chi connectivity index (χ1v) is 8.64. The normalized spacial score (nSPS) is 11.9. The Hall–Kier alpha value is -2.40. The Balaban J connectivity index is 2.37. The van der Waals surface area contributed by atoms with Gasteiger partial charge in [-0.1, -0.05) is 29.8 Å². The zero-order chi connectivity index (χ0) is 19.5. The lowest BCUT2D eigenvalue weighted by atomic mass is 9.78. The highest BCUT2D eigenvalue weighted by Gasteiger charge is 2.34. The molecule has 0 atom stereocenters. The third-order valence-electron chi connectivity index (χ3n) is 4.23. The predicted molar refractivity (Wildman–Crippen MR) is 101 cm³/mol. The molecule has 0 saturated heterocycles. The lowest BCUT2D eigenvalue weighted by Crippen LogP contribution is -2.35. The molecule has 0 fully saturated rings. The van der Waals surface area contributed by atoms with Crippen molar-refractivity contribution in [3.05, 3.63) is 64.4 Å². The molecule has 5 nitrogen and oxygen atoms in total. The highest BCUT2D eigenvalue weighted by Crippen LogP contribution is 2.30. The van der Waals surface area contributed by atoms with Crippen LogP contribution < -0.4 is 5.73 Å². The van der Waals surface area contributed by atoms with Gasteiger partial charge in [-0.3, -0.25) is 9.78 Å². The summed E-state index contributed by atoms with van der Waals surface area (Å²) in [6, 6.07) is 10.8.